The molecular formula is C11H19NO3. The van der Waals surface area contributed by atoms with Gasteiger partial charge in [-0.1, -0.05) is 20.8 Å². The lowest BCUT2D eigenvalue weighted by Crippen LogP contribution is -2.56. The van der Waals surface area contributed by atoms with Crippen LogP contribution in [0.4, 0.5) is 0 Å². The van der Waals surface area contributed by atoms with E-state index in [1.54, 1.807) is 0 Å². The molecule has 0 radical (unpaired) electrons. The Morgan fingerprint density at radius 3 is 2.20 bits per heavy atom. The van der Waals surface area contributed by atoms with Gasteiger partial charge in [0.2, 0.25) is 5.91 Å². The molecule has 0 heterocycles. The summed E-state index contributed by atoms with van der Waals surface area (Å²) in [5.41, 5.74) is -1.10. The molecule has 2 atom stereocenters. The summed E-state index contributed by atoms with van der Waals surface area (Å²) in [7, 11) is 0. The highest BCUT2D eigenvalue weighted by Gasteiger charge is 2.54. The summed E-state index contributed by atoms with van der Waals surface area (Å²) < 4.78 is 0. The van der Waals surface area contributed by atoms with Gasteiger partial charge >= 0.3 is 5.97 Å². The third kappa shape index (κ3) is 2.13. The molecule has 0 aliphatic heterocycles. The van der Waals surface area contributed by atoms with Gasteiger partial charge in [0.05, 0.1) is 0 Å². The van der Waals surface area contributed by atoms with Gasteiger partial charge in [0.15, 0.2) is 0 Å². The van der Waals surface area contributed by atoms with E-state index >= 15 is 0 Å². The van der Waals surface area contributed by atoms with Gasteiger partial charge in [-0.05, 0) is 24.2 Å². The van der Waals surface area contributed by atoms with Crippen LogP contribution < -0.4 is 5.32 Å². The number of rotatable bonds is 2. The fourth-order valence-electron chi connectivity index (χ4n) is 2.83. The molecule has 0 aromatic rings. The van der Waals surface area contributed by atoms with Crippen LogP contribution in [0.15, 0.2) is 0 Å². The average molecular weight is 213 g/mol. The van der Waals surface area contributed by atoms with E-state index in [1.165, 1.54) is 6.92 Å². The number of aliphatic carboxylic acids is 1. The normalized spacial score (nSPS) is 33.7. The van der Waals surface area contributed by atoms with Gasteiger partial charge in [-0.15, -0.1) is 0 Å². The second-order valence-electron chi connectivity index (χ2n) is 5.40. The van der Waals surface area contributed by atoms with Crippen molar-refractivity contribution in [1.29, 1.82) is 0 Å². The summed E-state index contributed by atoms with van der Waals surface area (Å²) >= 11 is 0. The van der Waals surface area contributed by atoms with Crippen LogP contribution in [0, 0.1) is 11.3 Å². The Labute approximate surface area is 90.0 Å². The van der Waals surface area contributed by atoms with Crippen molar-refractivity contribution in [3.8, 4) is 0 Å². The van der Waals surface area contributed by atoms with Crippen LogP contribution in [-0.2, 0) is 9.59 Å². The Balaban J connectivity index is 3.02. The van der Waals surface area contributed by atoms with E-state index in [0.717, 1.165) is 6.42 Å². The second-order valence-corrected chi connectivity index (χ2v) is 5.40. The molecule has 1 aliphatic carbocycles. The largest absolute Gasteiger partial charge is 0.479 e. The Morgan fingerprint density at radius 1 is 1.40 bits per heavy atom. The van der Waals surface area contributed by atoms with Gasteiger partial charge < -0.3 is 10.4 Å². The number of carboxylic acids is 1. The lowest BCUT2D eigenvalue weighted by molar-refractivity contribution is -0.149. The van der Waals surface area contributed by atoms with Gasteiger partial charge in [-0.2, -0.15) is 0 Å². The summed E-state index contributed by atoms with van der Waals surface area (Å²) in [4.78, 5) is 22.4. The van der Waals surface area contributed by atoms with Crippen molar-refractivity contribution in [2.75, 3.05) is 0 Å². The molecule has 0 saturated heterocycles. The molecule has 1 saturated carbocycles. The zero-order valence-electron chi connectivity index (χ0n) is 9.76. The molecule has 86 valence electrons. The Hall–Kier alpha value is -1.06. The lowest BCUT2D eigenvalue weighted by Gasteiger charge is -2.30. The minimum absolute atomic E-state index is 0.0275. The summed E-state index contributed by atoms with van der Waals surface area (Å²) in [5, 5.41) is 11.9. The maximum Gasteiger partial charge on any atom is 0.329 e. The first-order chi connectivity index (χ1) is 6.69. The highest BCUT2D eigenvalue weighted by Crippen LogP contribution is 2.47. The SMILES string of the molecule is CC(=O)NC1(C(=O)O)CC(C)(C)CC1C. The van der Waals surface area contributed by atoms with Crippen LogP contribution >= 0.6 is 0 Å². The zero-order valence-corrected chi connectivity index (χ0v) is 9.76. The molecule has 0 aromatic carbocycles. The van der Waals surface area contributed by atoms with Crippen molar-refractivity contribution in [3.63, 3.8) is 0 Å². The molecule has 1 rings (SSSR count). The Kier molecular flexibility index (Phi) is 2.81. The number of hydrogen-bond acceptors (Lipinski definition) is 2. The van der Waals surface area contributed by atoms with Crippen molar-refractivity contribution in [2.24, 2.45) is 11.3 Å². The standard InChI is InChI=1S/C11H19NO3/c1-7-5-10(3,4)6-11(7,9(14)15)12-8(2)13/h7H,5-6H2,1-4H3,(H,12,13)(H,14,15). The van der Waals surface area contributed by atoms with Gasteiger partial charge in [0, 0.05) is 6.92 Å². The van der Waals surface area contributed by atoms with E-state index in [9.17, 15) is 14.7 Å². The summed E-state index contributed by atoms with van der Waals surface area (Å²) in [6.45, 7) is 7.33. The van der Waals surface area contributed by atoms with Crippen molar-refractivity contribution in [3.05, 3.63) is 0 Å². The third-order valence-corrected chi connectivity index (χ3v) is 3.24. The van der Waals surface area contributed by atoms with E-state index < -0.39 is 11.5 Å². The quantitative estimate of drug-likeness (QED) is 0.728. The van der Waals surface area contributed by atoms with Crippen LogP contribution in [0.2, 0.25) is 0 Å². The first-order valence-electron chi connectivity index (χ1n) is 5.22. The zero-order chi connectivity index (χ0) is 11.9. The van der Waals surface area contributed by atoms with Crippen molar-refractivity contribution >= 4 is 11.9 Å². The van der Waals surface area contributed by atoms with E-state index in [4.69, 9.17) is 0 Å². The van der Waals surface area contributed by atoms with Crippen LogP contribution in [0.3, 0.4) is 0 Å². The highest BCUT2D eigenvalue weighted by molar-refractivity contribution is 5.86. The summed E-state index contributed by atoms with van der Waals surface area (Å²) in [5.74, 6) is -1.23. The maximum atomic E-state index is 11.3. The molecule has 2 unspecified atom stereocenters. The number of carboxylic acid groups (broad SMARTS) is 1. The van der Waals surface area contributed by atoms with Crippen molar-refractivity contribution < 1.29 is 14.7 Å². The Morgan fingerprint density at radius 2 is 1.93 bits per heavy atom. The lowest BCUT2D eigenvalue weighted by atomic mass is 9.86. The number of nitrogens with one attached hydrogen (secondary N) is 1. The smallest absolute Gasteiger partial charge is 0.329 e. The minimum atomic E-state index is -1.07. The van der Waals surface area contributed by atoms with Crippen molar-refractivity contribution in [1.82, 2.24) is 5.32 Å². The van der Waals surface area contributed by atoms with E-state index in [1.807, 2.05) is 20.8 Å². The molecule has 0 aromatic heterocycles. The molecular weight excluding hydrogens is 194 g/mol. The fourth-order valence-corrected chi connectivity index (χ4v) is 2.83. The van der Waals surface area contributed by atoms with E-state index in [2.05, 4.69) is 5.32 Å². The second kappa shape index (κ2) is 3.51. The molecule has 2 N–H and O–H groups in total. The highest BCUT2D eigenvalue weighted by atomic mass is 16.4. The first kappa shape index (κ1) is 12.0. The van der Waals surface area contributed by atoms with Crippen molar-refractivity contribution in [2.45, 2.75) is 46.1 Å². The van der Waals surface area contributed by atoms with Crippen LogP contribution in [0.1, 0.15) is 40.5 Å². The first-order valence-corrected chi connectivity index (χ1v) is 5.22. The minimum Gasteiger partial charge on any atom is -0.479 e. The summed E-state index contributed by atoms with van der Waals surface area (Å²) in [6.07, 6.45) is 1.32. The van der Waals surface area contributed by atoms with Crippen LogP contribution in [-0.4, -0.2) is 22.5 Å². The molecule has 1 fully saturated rings. The van der Waals surface area contributed by atoms with Gasteiger partial charge in [0.1, 0.15) is 5.54 Å². The number of amides is 1. The fraction of sp³-hybridized carbons (Fsp3) is 0.818. The molecule has 0 bridgehead atoms. The molecule has 0 spiro atoms. The molecule has 4 nitrogen and oxygen atoms in total. The Bertz CT molecular complexity index is 298. The molecule has 1 amide bonds. The monoisotopic (exact) mass is 213 g/mol. The van der Waals surface area contributed by atoms with Gasteiger partial charge in [0.25, 0.3) is 0 Å². The predicted molar refractivity (Wildman–Crippen MR) is 56.4 cm³/mol. The van der Waals surface area contributed by atoms with Gasteiger partial charge in [-0.3, -0.25) is 4.79 Å². The predicted octanol–water partition coefficient (Wildman–Crippen LogP) is 1.40. The molecule has 15 heavy (non-hydrogen) atoms. The molecule has 4 heteroatoms. The summed E-state index contributed by atoms with van der Waals surface area (Å²) in [6, 6.07) is 0. The van der Waals surface area contributed by atoms with E-state index in [-0.39, 0.29) is 17.2 Å². The number of carbonyl (C=O) groups excluding carboxylic acids is 1. The number of hydrogen-bond donors (Lipinski definition) is 2. The van der Waals surface area contributed by atoms with Gasteiger partial charge in [-0.25, -0.2) is 4.79 Å². The molecule has 1 aliphatic rings. The average Bonchev–Trinajstić information content (AvgIpc) is 2.20. The van der Waals surface area contributed by atoms with Crippen LogP contribution in [0.5, 0.6) is 0 Å². The topological polar surface area (TPSA) is 66.4 Å². The maximum absolute atomic E-state index is 11.3. The van der Waals surface area contributed by atoms with E-state index in [0.29, 0.717) is 6.42 Å². The van der Waals surface area contributed by atoms with Crippen LogP contribution in [0.25, 0.3) is 0 Å². The number of carbonyl (C=O) groups is 2. The third-order valence-electron chi connectivity index (χ3n) is 3.24.